The van der Waals surface area contributed by atoms with Crippen LogP contribution in [0.25, 0.3) is 0 Å². The monoisotopic (exact) mass is 223 g/mol. The maximum Gasteiger partial charge on any atom is 0.123 e. The van der Waals surface area contributed by atoms with Gasteiger partial charge in [-0.2, -0.15) is 0 Å². The molecular formula is C13H18FNO. The molecule has 1 heterocycles. The van der Waals surface area contributed by atoms with Crippen molar-refractivity contribution in [1.29, 1.82) is 0 Å². The van der Waals surface area contributed by atoms with Crippen molar-refractivity contribution >= 4 is 0 Å². The first-order chi connectivity index (χ1) is 7.79. The summed E-state index contributed by atoms with van der Waals surface area (Å²) in [4.78, 5) is 2.34. The highest BCUT2D eigenvalue weighted by molar-refractivity contribution is 5.22. The molecule has 1 aromatic carbocycles. The molecule has 1 saturated heterocycles. The first-order valence-electron chi connectivity index (χ1n) is 5.88. The smallest absolute Gasteiger partial charge is 0.123 e. The van der Waals surface area contributed by atoms with Crippen LogP contribution in [0.5, 0.6) is 0 Å². The Labute approximate surface area is 95.7 Å². The van der Waals surface area contributed by atoms with Gasteiger partial charge in [-0.25, -0.2) is 4.39 Å². The summed E-state index contributed by atoms with van der Waals surface area (Å²) < 4.78 is 13.1. The van der Waals surface area contributed by atoms with E-state index in [4.69, 9.17) is 5.11 Å². The van der Waals surface area contributed by atoms with Gasteiger partial charge in [0, 0.05) is 19.7 Å². The molecule has 2 rings (SSSR count). The zero-order valence-electron chi connectivity index (χ0n) is 9.40. The van der Waals surface area contributed by atoms with Crippen LogP contribution in [0.4, 0.5) is 4.39 Å². The van der Waals surface area contributed by atoms with Crippen molar-refractivity contribution in [2.75, 3.05) is 26.2 Å². The molecular weight excluding hydrogens is 205 g/mol. The third-order valence-electron chi connectivity index (χ3n) is 3.22. The van der Waals surface area contributed by atoms with Crippen LogP contribution in [0.15, 0.2) is 24.3 Å². The molecule has 3 heteroatoms. The molecule has 16 heavy (non-hydrogen) atoms. The number of benzene rings is 1. The van der Waals surface area contributed by atoms with E-state index in [2.05, 4.69) is 4.90 Å². The number of hydrogen-bond donors (Lipinski definition) is 1. The van der Waals surface area contributed by atoms with E-state index in [9.17, 15) is 4.39 Å². The van der Waals surface area contributed by atoms with E-state index in [1.807, 2.05) is 6.07 Å². The van der Waals surface area contributed by atoms with Gasteiger partial charge < -0.3 is 10.0 Å². The molecule has 1 N–H and O–H groups in total. The minimum atomic E-state index is -0.147. The highest BCUT2D eigenvalue weighted by Gasteiger charge is 2.23. The molecule has 0 bridgehead atoms. The average molecular weight is 223 g/mol. The normalized spacial score (nSPS) is 21.5. The Morgan fingerprint density at radius 2 is 2.31 bits per heavy atom. The summed E-state index contributed by atoms with van der Waals surface area (Å²) in [6.07, 6.45) is 1.92. The second-order valence-corrected chi connectivity index (χ2v) is 4.42. The molecule has 1 atom stereocenters. The van der Waals surface area contributed by atoms with Gasteiger partial charge in [-0.15, -0.1) is 0 Å². The van der Waals surface area contributed by atoms with E-state index >= 15 is 0 Å². The molecule has 1 aromatic rings. The SMILES string of the molecule is OCCCN1CC[C@H](c2cccc(F)c2)C1. The van der Waals surface area contributed by atoms with Crippen molar-refractivity contribution in [2.45, 2.75) is 18.8 Å². The van der Waals surface area contributed by atoms with Gasteiger partial charge in [-0.1, -0.05) is 12.1 Å². The molecule has 0 unspecified atom stereocenters. The number of nitrogens with zero attached hydrogens (tertiary/aromatic N) is 1. The average Bonchev–Trinajstić information content (AvgIpc) is 2.75. The van der Waals surface area contributed by atoms with E-state index in [0.717, 1.165) is 38.0 Å². The minimum Gasteiger partial charge on any atom is -0.396 e. The molecule has 0 spiro atoms. The Kier molecular flexibility index (Phi) is 3.91. The molecule has 0 aromatic heterocycles. The summed E-state index contributed by atoms with van der Waals surface area (Å²) in [5.41, 5.74) is 1.10. The van der Waals surface area contributed by atoms with Gasteiger partial charge in [0.1, 0.15) is 5.82 Å². The number of rotatable bonds is 4. The molecule has 88 valence electrons. The third-order valence-corrected chi connectivity index (χ3v) is 3.22. The predicted molar refractivity (Wildman–Crippen MR) is 61.9 cm³/mol. The Balaban J connectivity index is 1.93. The zero-order valence-corrected chi connectivity index (χ0v) is 9.40. The molecule has 1 fully saturated rings. The van der Waals surface area contributed by atoms with E-state index < -0.39 is 0 Å². The summed E-state index contributed by atoms with van der Waals surface area (Å²) >= 11 is 0. The first kappa shape index (κ1) is 11.6. The molecule has 0 saturated carbocycles. The highest BCUT2D eigenvalue weighted by Crippen LogP contribution is 2.27. The van der Waals surface area contributed by atoms with Crippen LogP contribution in [-0.2, 0) is 0 Å². The van der Waals surface area contributed by atoms with Crippen molar-refractivity contribution < 1.29 is 9.50 Å². The largest absolute Gasteiger partial charge is 0.396 e. The number of aliphatic hydroxyl groups excluding tert-OH is 1. The summed E-state index contributed by atoms with van der Waals surface area (Å²) in [6, 6.07) is 6.91. The number of likely N-dealkylation sites (tertiary alicyclic amines) is 1. The molecule has 2 nitrogen and oxygen atoms in total. The van der Waals surface area contributed by atoms with Gasteiger partial charge in [0.05, 0.1) is 0 Å². The van der Waals surface area contributed by atoms with Gasteiger partial charge in [0.25, 0.3) is 0 Å². The van der Waals surface area contributed by atoms with Crippen molar-refractivity contribution in [3.8, 4) is 0 Å². The molecule has 1 aliphatic heterocycles. The molecule has 0 amide bonds. The Morgan fingerprint density at radius 1 is 1.44 bits per heavy atom. The fraction of sp³-hybridized carbons (Fsp3) is 0.538. The van der Waals surface area contributed by atoms with Gasteiger partial charge >= 0.3 is 0 Å². The lowest BCUT2D eigenvalue weighted by Gasteiger charge is -2.15. The quantitative estimate of drug-likeness (QED) is 0.844. The van der Waals surface area contributed by atoms with Gasteiger partial charge in [-0.3, -0.25) is 0 Å². The van der Waals surface area contributed by atoms with Crippen LogP contribution in [0.1, 0.15) is 24.3 Å². The van der Waals surface area contributed by atoms with Gasteiger partial charge in [0.15, 0.2) is 0 Å². The third kappa shape index (κ3) is 2.80. The van der Waals surface area contributed by atoms with Gasteiger partial charge in [0.2, 0.25) is 0 Å². The molecule has 0 aliphatic carbocycles. The maximum absolute atomic E-state index is 13.1. The fourth-order valence-corrected chi connectivity index (χ4v) is 2.36. The van der Waals surface area contributed by atoms with E-state index in [0.29, 0.717) is 5.92 Å². The lowest BCUT2D eigenvalue weighted by Crippen LogP contribution is -2.22. The number of halogens is 1. The Bertz CT molecular complexity index is 342. The van der Waals surface area contributed by atoms with E-state index in [1.54, 1.807) is 12.1 Å². The number of aliphatic hydroxyl groups is 1. The van der Waals surface area contributed by atoms with Crippen molar-refractivity contribution in [3.63, 3.8) is 0 Å². The summed E-state index contributed by atoms with van der Waals surface area (Å²) in [7, 11) is 0. The highest BCUT2D eigenvalue weighted by atomic mass is 19.1. The van der Waals surface area contributed by atoms with Crippen LogP contribution in [0, 0.1) is 5.82 Å². The lowest BCUT2D eigenvalue weighted by atomic mass is 9.98. The van der Waals surface area contributed by atoms with E-state index in [-0.39, 0.29) is 12.4 Å². The van der Waals surface area contributed by atoms with Crippen molar-refractivity contribution in [3.05, 3.63) is 35.6 Å². The fourth-order valence-electron chi connectivity index (χ4n) is 2.36. The van der Waals surface area contributed by atoms with Crippen molar-refractivity contribution in [2.24, 2.45) is 0 Å². The topological polar surface area (TPSA) is 23.5 Å². The summed E-state index contributed by atoms with van der Waals surface area (Å²) in [5, 5.41) is 8.77. The van der Waals surface area contributed by atoms with Gasteiger partial charge in [-0.05, 0) is 43.0 Å². The van der Waals surface area contributed by atoms with E-state index in [1.165, 1.54) is 6.07 Å². The Morgan fingerprint density at radius 3 is 3.06 bits per heavy atom. The zero-order chi connectivity index (χ0) is 11.4. The van der Waals surface area contributed by atoms with Crippen LogP contribution in [0.3, 0.4) is 0 Å². The van der Waals surface area contributed by atoms with Crippen molar-refractivity contribution in [1.82, 2.24) is 4.90 Å². The summed E-state index contributed by atoms with van der Waals surface area (Å²) in [5.74, 6) is 0.306. The first-order valence-corrected chi connectivity index (χ1v) is 5.88. The van der Waals surface area contributed by atoms with Crippen LogP contribution in [-0.4, -0.2) is 36.2 Å². The second-order valence-electron chi connectivity index (χ2n) is 4.42. The molecule has 1 aliphatic rings. The lowest BCUT2D eigenvalue weighted by molar-refractivity contribution is 0.246. The maximum atomic E-state index is 13.1. The van der Waals surface area contributed by atoms with Crippen LogP contribution in [0.2, 0.25) is 0 Å². The minimum absolute atomic E-state index is 0.147. The number of hydrogen-bond acceptors (Lipinski definition) is 2. The van der Waals surface area contributed by atoms with Crippen LogP contribution < -0.4 is 0 Å². The van der Waals surface area contributed by atoms with Crippen LogP contribution >= 0.6 is 0 Å². The Hall–Kier alpha value is -0.930. The summed E-state index contributed by atoms with van der Waals surface area (Å²) in [6.45, 7) is 3.24. The standard InChI is InChI=1S/C13H18FNO/c14-13-4-1-3-11(9-13)12-5-7-15(10-12)6-2-8-16/h1,3-4,9,12,16H,2,5-8,10H2/t12-/m0/s1. The predicted octanol–water partition coefficient (Wildman–Crippen LogP) is 2.00. The molecule has 0 radical (unpaired) electrons. The second kappa shape index (κ2) is 5.41.